The van der Waals surface area contributed by atoms with Gasteiger partial charge in [0.25, 0.3) is 0 Å². The molecule has 2 aromatic rings. The Morgan fingerprint density at radius 2 is 1.81 bits per heavy atom. The van der Waals surface area contributed by atoms with Crippen LogP contribution in [0.5, 0.6) is 0 Å². The zero-order valence-electron chi connectivity index (χ0n) is 18.2. The standard InChI is InChI=1S/C21H24F3N5O3/c1-12-26-27-18-11-28(5-6-29(12)18)19(30)9-14(25-20(31)32-21(2,3)4)7-13-8-16(23)17(24)10-15(13)22/h8-10H,5-7,11H2,1-4H3,(H,25,31)/b14-9-. The van der Waals surface area contributed by atoms with Gasteiger partial charge in [-0.2, -0.15) is 0 Å². The molecular formula is C21H24F3N5O3. The van der Waals surface area contributed by atoms with Gasteiger partial charge in [-0.1, -0.05) is 0 Å². The smallest absolute Gasteiger partial charge is 0.411 e. The number of aryl methyl sites for hydroxylation is 1. The van der Waals surface area contributed by atoms with E-state index in [1.807, 2.05) is 11.5 Å². The van der Waals surface area contributed by atoms with E-state index in [9.17, 15) is 22.8 Å². The van der Waals surface area contributed by atoms with E-state index in [1.54, 1.807) is 20.8 Å². The number of fused-ring (bicyclic) bond motifs is 1. The molecular weight excluding hydrogens is 427 g/mol. The largest absolute Gasteiger partial charge is 0.444 e. The summed E-state index contributed by atoms with van der Waals surface area (Å²) >= 11 is 0. The number of carbonyl (C=O) groups excluding carboxylic acids is 2. The number of benzene rings is 1. The quantitative estimate of drug-likeness (QED) is 0.570. The highest BCUT2D eigenvalue weighted by Gasteiger charge is 2.24. The van der Waals surface area contributed by atoms with Gasteiger partial charge in [-0.15, -0.1) is 10.2 Å². The maximum absolute atomic E-state index is 14.2. The summed E-state index contributed by atoms with van der Waals surface area (Å²) in [7, 11) is 0. The van der Waals surface area contributed by atoms with E-state index in [1.165, 1.54) is 4.90 Å². The van der Waals surface area contributed by atoms with E-state index in [0.29, 0.717) is 31.0 Å². The number of hydrogen-bond acceptors (Lipinski definition) is 5. The second kappa shape index (κ2) is 9.01. The fourth-order valence-electron chi connectivity index (χ4n) is 3.20. The number of nitrogens with zero attached hydrogens (tertiary/aromatic N) is 4. The van der Waals surface area contributed by atoms with Crippen LogP contribution in [0.4, 0.5) is 18.0 Å². The average molecular weight is 451 g/mol. The average Bonchev–Trinajstić information content (AvgIpc) is 3.04. The van der Waals surface area contributed by atoms with Crippen LogP contribution in [0.15, 0.2) is 23.9 Å². The Morgan fingerprint density at radius 1 is 1.12 bits per heavy atom. The van der Waals surface area contributed by atoms with Crippen LogP contribution in [0.25, 0.3) is 0 Å². The zero-order chi connectivity index (χ0) is 23.6. The number of halogens is 3. The minimum absolute atomic E-state index is 0.0302. The Balaban J connectivity index is 1.84. The van der Waals surface area contributed by atoms with Crippen LogP contribution in [0.3, 0.4) is 0 Å². The molecule has 1 aromatic carbocycles. The summed E-state index contributed by atoms with van der Waals surface area (Å²) in [5.74, 6) is -2.69. The van der Waals surface area contributed by atoms with E-state index in [4.69, 9.17) is 4.74 Å². The molecule has 0 saturated heterocycles. The van der Waals surface area contributed by atoms with Gasteiger partial charge < -0.3 is 14.2 Å². The van der Waals surface area contributed by atoms with E-state index in [2.05, 4.69) is 15.5 Å². The molecule has 0 aliphatic carbocycles. The Morgan fingerprint density at radius 3 is 2.50 bits per heavy atom. The molecule has 0 fully saturated rings. The SMILES string of the molecule is Cc1nnc2n1CCN(C(=O)/C=C(/Cc1cc(F)c(F)cc1F)NC(=O)OC(C)(C)C)C2. The molecule has 0 bridgehead atoms. The number of rotatable bonds is 4. The minimum atomic E-state index is -1.33. The van der Waals surface area contributed by atoms with E-state index >= 15 is 0 Å². The maximum Gasteiger partial charge on any atom is 0.411 e. The third kappa shape index (κ3) is 5.65. The molecule has 8 nitrogen and oxygen atoms in total. The molecule has 172 valence electrons. The second-order valence-corrected chi connectivity index (χ2v) is 8.41. The van der Waals surface area contributed by atoms with Gasteiger partial charge in [-0.3, -0.25) is 10.1 Å². The Labute approximate surface area is 183 Å². The van der Waals surface area contributed by atoms with Crippen molar-refractivity contribution in [2.45, 2.75) is 52.8 Å². The van der Waals surface area contributed by atoms with Crippen molar-refractivity contribution in [3.63, 3.8) is 0 Å². The molecule has 1 aliphatic heterocycles. The van der Waals surface area contributed by atoms with Gasteiger partial charge in [0, 0.05) is 37.3 Å². The third-order valence-electron chi connectivity index (χ3n) is 4.68. The number of ether oxygens (including phenoxy) is 1. The molecule has 1 aliphatic rings. The molecule has 2 amide bonds. The summed E-state index contributed by atoms with van der Waals surface area (Å²) in [6.07, 6.45) is -0.116. The van der Waals surface area contributed by atoms with Crippen LogP contribution < -0.4 is 5.32 Å². The summed E-state index contributed by atoms with van der Waals surface area (Å²) in [6.45, 7) is 7.86. The molecule has 1 N–H and O–H groups in total. The summed E-state index contributed by atoms with van der Waals surface area (Å²) in [4.78, 5) is 26.6. The molecule has 1 aromatic heterocycles. The van der Waals surface area contributed by atoms with Gasteiger partial charge in [0.15, 0.2) is 17.5 Å². The van der Waals surface area contributed by atoms with Crippen molar-refractivity contribution in [1.29, 1.82) is 0 Å². The van der Waals surface area contributed by atoms with Gasteiger partial charge in [0.1, 0.15) is 17.2 Å². The van der Waals surface area contributed by atoms with Gasteiger partial charge >= 0.3 is 6.09 Å². The van der Waals surface area contributed by atoms with Crippen LogP contribution >= 0.6 is 0 Å². The fourth-order valence-corrected chi connectivity index (χ4v) is 3.20. The summed E-state index contributed by atoms with van der Waals surface area (Å²) in [5.41, 5.74) is -1.08. The van der Waals surface area contributed by atoms with Crippen molar-refractivity contribution in [1.82, 2.24) is 25.0 Å². The predicted molar refractivity (Wildman–Crippen MR) is 108 cm³/mol. The van der Waals surface area contributed by atoms with Gasteiger partial charge in [-0.05, 0) is 39.3 Å². The molecule has 0 radical (unpaired) electrons. The highest BCUT2D eigenvalue weighted by Crippen LogP contribution is 2.18. The molecule has 2 heterocycles. The molecule has 3 rings (SSSR count). The lowest BCUT2D eigenvalue weighted by atomic mass is 10.1. The first kappa shape index (κ1) is 23.3. The van der Waals surface area contributed by atoms with Gasteiger partial charge in [0.2, 0.25) is 5.91 Å². The molecule has 11 heteroatoms. The Kier molecular flexibility index (Phi) is 6.56. The van der Waals surface area contributed by atoms with Crippen LogP contribution in [0, 0.1) is 24.4 Å². The number of carbonyl (C=O) groups is 2. The molecule has 0 spiro atoms. The Hall–Kier alpha value is -3.37. The van der Waals surface area contributed by atoms with E-state index in [0.717, 1.165) is 11.9 Å². The first-order valence-corrected chi connectivity index (χ1v) is 9.94. The molecule has 0 unspecified atom stereocenters. The Bertz CT molecular complexity index is 1080. The third-order valence-corrected chi connectivity index (χ3v) is 4.68. The van der Waals surface area contributed by atoms with Crippen molar-refractivity contribution >= 4 is 12.0 Å². The molecule has 0 atom stereocenters. The highest BCUT2D eigenvalue weighted by atomic mass is 19.2. The fraction of sp³-hybridized carbons (Fsp3) is 0.429. The highest BCUT2D eigenvalue weighted by molar-refractivity contribution is 5.89. The topological polar surface area (TPSA) is 89.4 Å². The maximum atomic E-state index is 14.2. The number of aromatic nitrogens is 3. The molecule has 32 heavy (non-hydrogen) atoms. The van der Waals surface area contributed by atoms with Crippen molar-refractivity contribution in [2.75, 3.05) is 6.54 Å². The first-order chi connectivity index (χ1) is 14.9. The summed E-state index contributed by atoms with van der Waals surface area (Å²) in [5, 5.41) is 10.4. The first-order valence-electron chi connectivity index (χ1n) is 9.94. The van der Waals surface area contributed by atoms with Crippen molar-refractivity contribution in [3.8, 4) is 0 Å². The van der Waals surface area contributed by atoms with Gasteiger partial charge in [0.05, 0.1) is 6.54 Å². The summed E-state index contributed by atoms with van der Waals surface area (Å²) < 4.78 is 48.2. The van der Waals surface area contributed by atoms with Crippen LogP contribution in [0.1, 0.15) is 38.0 Å². The monoisotopic (exact) mass is 451 g/mol. The lowest BCUT2D eigenvalue weighted by molar-refractivity contribution is -0.127. The zero-order valence-corrected chi connectivity index (χ0v) is 18.2. The minimum Gasteiger partial charge on any atom is -0.444 e. The second-order valence-electron chi connectivity index (χ2n) is 8.41. The number of amides is 2. The van der Waals surface area contributed by atoms with Crippen molar-refractivity contribution in [2.24, 2.45) is 0 Å². The van der Waals surface area contributed by atoms with Crippen LogP contribution in [0.2, 0.25) is 0 Å². The van der Waals surface area contributed by atoms with E-state index in [-0.39, 0.29) is 24.2 Å². The lowest BCUT2D eigenvalue weighted by Crippen LogP contribution is -2.39. The van der Waals surface area contributed by atoms with Gasteiger partial charge in [-0.25, -0.2) is 18.0 Å². The number of hydrogen-bond donors (Lipinski definition) is 1. The van der Waals surface area contributed by atoms with Crippen molar-refractivity contribution in [3.05, 3.63) is 58.6 Å². The number of alkyl carbamates (subject to hydrolysis) is 1. The number of allylic oxidation sites excluding steroid dienone is 1. The normalized spacial score (nSPS) is 14.2. The van der Waals surface area contributed by atoms with Crippen molar-refractivity contribution < 1.29 is 27.5 Å². The lowest BCUT2D eigenvalue weighted by Gasteiger charge is -2.27. The van der Waals surface area contributed by atoms with E-state index < -0.39 is 35.1 Å². The van der Waals surface area contributed by atoms with Crippen LogP contribution in [-0.4, -0.2) is 43.8 Å². The predicted octanol–water partition coefficient (Wildman–Crippen LogP) is 3.00. The summed E-state index contributed by atoms with van der Waals surface area (Å²) in [6, 6.07) is 1.10. The number of nitrogens with one attached hydrogen (secondary N) is 1. The van der Waals surface area contributed by atoms with Crippen LogP contribution in [-0.2, 0) is 29.0 Å². The molecule has 0 saturated carbocycles.